The standard InChI is InChI=1S/C22H33N3O/c1-5-17(4)18-8-10-19(11-9-18)21(16(2)3)24-14-20(26)25-22(15-23)12-6-7-13-22/h8-11,16-17,21,24H,5-7,12-14H2,1-4H3,(H,25,26)/t17-,21+/m1/s1. The molecule has 4 nitrogen and oxygen atoms in total. The van der Waals surface area contributed by atoms with Gasteiger partial charge in [-0.05, 0) is 55.1 Å². The third kappa shape index (κ3) is 5.08. The van der Waals surface area contributed by atoms with Crippen molar-refractivity contribution in [1.82, 2.24) is 10.6 Å². The van der Waals surface area contributed by atoms with Gasteiger partial charge in [-0.25, -0.2) is 0 Å². The van der Waals surface area contributed by atoms with E-state index >= 15 is 0 Å². The topological polar surface area (TPSA) is 64.9 Å². The Morgan fingerprint density at radius 1 is 1.15 bits per heavy atom. The number of hydrogen-bond acceptors (Lipinski definition) is 3. The molecule has 0 spiro atoms. The average Bonchev–Trinajstić information content (AvgIpc) is 3.10. The quantitative estimate of drug-likeness (QED) is 0.724. The van der Waals surface area contributed by atoms with E-state index in [1.807, 2.05) is 0 Å². The van der Waals surface area contributed by atoms with E-state index < -0.39 is 5.54 Å². The molecule has 1 amide bonds. The summed E-state index contributed by atoms with van der Waals surface area (Å²) in [6, 6.07) is 11.2. The molecule has 0 aromatic heterocycles. The Kier molecular flexibility index (Phi) is 7.23. The zero-order valence-corrected chi connectivity index (χ0v) is 16.6. The first kappa shape index (κ1) is 20.5. The van der Waals surface area contributed by atoms with E-state index in [0.717, 1.165) is 32.1 Å². The maximum absolute atomic E-state index is 12.4. The third-order valence-corrected chi connectivity index (χ3v) is 5.68. The highest BCUT2D eigenvalue weighted by Gasteiger charge is 2.35. The van der Waals surface area contributed by atoms with Crippen LogP contribution in [-0.2, 0) is 4.79 Å². The summed E-state index contributed by atoms with van der Waals surface area (Å²) in [6.07, 6.45) is 4.68. The van der Waals surface area contributed by atoms with E-state index in [2.05, 4.69) is 68.7 Å². The zero-order chi connectivity index (χ0) is 19.2. The molecule has 0 bridgehead atoms. The molecule has 1 aromatic carbocycles. The highest BCUT2D eigenvalue weighted by atomic mass is 16.2. The normalized spacial score (nSPS) is 18.3. The Morgan fingerprint density at radius 2 is 1.73 bits per heavy atom. The molecule has 0 radical (unpaired) electrons. The van der Waals surface area contributed by atoms with Crippen LogP contribution in [0.15, 0.2) is 24.3 Å². The highest BCUT2D eigenvalue weighted by Crippen LogP contribution is 2.29. The number of nitriles is 1. The van der Waals surface area contributed by atoms with E-state index in [4.69, 9.17) is 0 Å². The Morgan fingerprint density at radius 3 is 2.23 bits per heavy atom. The van der Waals surface area contributed by atoms with Crippen LogP contribution in [0.4, 0.5) is 0 Å². The smallest absolute Gasteiger partial charge is 0.235 e. The van der Waals surface area contributed by atoms with Crippen LogP contribution in [0.2, 0.25) is 0 Å². The monoisotopic (exact) mass is 355 g/mol. The predicted octanol–water partition coefficient (Wildman–Crippen LogP) is 4.44. The van der Waals surface area contributed by atoms with Crippen molar-refractivity contribution in [3.8, 4) is 6.07 Å². The Labute approximate surface area is 158 Å². The van der Waals surface area contributed by atoms with Crippen LogP contribution < -0.4 is 10.6 Å². The number of amides is 1. The minimum atomic E-state index is -0.649. The molecule has 0 saturated heterocycles. The minimum absolute atomic E-state index is 0.0877. The summed E-state index contributed by atoms with van der Waals surface area (Å²) in [5.41, 5.74) is 1.91. The number of nitrogens with one attached hydrogen (secondary N) is 2. The zero-order valence-electron chi connectivity index (χ0n) is 16.6. The lowest BCUT2D eigenvalue weighted by molar-refractivity contribution is -0.121. The third-order valence-electron chi connectivity index (χ3n) is 5.68. The number of benzene rings is 1. The van der Waals surface area contributed by atoms with Gasteiger partial charge in [0.15, 0.2) is 0 Å². The maximum Gasteiger partial charge on any atom is 0.235 e. The second kappa shape index (κ2) is 9.19. The Hall–Kier alpha value is -1.86. The largest absolute Gasteiger partial charge is 0.337 e. The van der Waals surface area contributed by atoms with E-state index in [0.29, 0.717) is 11.8 Å². The predicted molar refractivity (Wildman–Crippen MR) is 106 cm³/mol. The molecule has 2 rings (SSSR count). The van der Waals surface area contributed by atoms with Crippen molar-refractivity contribution in [1.29, 1.82) is 5.26 Å². The Bertz CT molecular complexity index is 624. The van der Waals surface area contributed by atoms with Crippen molar-refractivity contribution < 1.29 is 4.79 Å². The fourth-order valence-corrected chi connectivity index (χ4v) is 3.76. The molecule has 1 aliphatic rings. The molecule has 1 aromatic rings. The number of hydrogen-bond donors (Lipinski definition) is 2. The number of carbonyl (C=O) groups is 1. The molecule has 0 unspecified atom stereocenters. The van der Waals surface area contributed by atoms with Gasteiger partial charge < -0.3 is 10.6 Å². The van der Waals surface area contributed by atoms with Crippen LogP contribution in [-0.4, -0.2) is 18.0 Å². The summed E-state index contributed by atoms with van der Waals surface area (Å²) in [7, 11) is 0. The first-order valence-electron chi connectivity index (χ1n) is 9.96. The highest BCUT2D eigenvalue weighted by molar-refractivity contribution is 5.79. The van der Waals surface area contributed by atoms with Gasteiger partial charge in [0.25, 0.3) is 0 Å². The molecule has 1 saturated carbocycles. The van der Waals surface area contributed by atoms with Crippen LogP contribution in [0.3, 0.4) is 0 Å². The summed E-state index contributed by atoms with van der Waals surface area (Å²) in [5.74, 6) is 0.845. The van der Waals surface area contributed by atoms with Crippen molar-refractivity contribution in [3.05, 3.63) is 35.4 Å². The minimum Gasteiger partial charge on any atom is -0.337 e. The SMILES string of the molecule is CC[C@@H](C)c1ccc([C@@H](NCC(=O)NC2(C#N)CCCC2)C(C)C)cc1. The summed E-state index contributed by atoms with van der Waals surface area (Å²) in [4.78, 5) is 12.4. The van der Waals surface area contributed by atoms with E-state index in [1.165, 1.54) is 11.1 Å². The molecular formula is C22H33N3O. The average molecular weight is 356 g/mol. The fraction of sp³-hybridized carbons (Fsp3) is 0.636. The lowest BCUT2D eigenvalue weighted by Crippen LogP contribution is -2.48. The molecule has 0 heterocycles. The molecule has 1 fully saturated rings. The lowest BCUT2D eigenvalue weighted by Gasteiger charge is -2.26. The van der Waals surface area contributed by atoms with Crippen LogP contribution in [0.5, 0.6) is 0 Å². The van der Waals surface area contributed by atoms with Gasteiger partial charge in [-0.2, -0.15) is 5.26 Å². The van der Waals surface area contributed by atoms with E-state index in [9.17, 15) is 10.1 Å². The number of carbonyl (C=O) groups excluding carboxylic acids is 1. The van der Waals surface area contributed by atoms with Gasteiger partial charge in [-0.15, -0.1) is 0 Å². The van der Waals surface area contributed by atoms with Crippen LogP contribution in [0.25, 0.3) is 0 Å². The van der Waals surface area contributed by atoms with Crippen LogP contribution in [0.1, 0.15) is 82.9 Å². The van der Waals surface area contributed by atoms with Crippen molar-refractivity contribution in [2.45, 2.75) is 77.3 Å². The number of rotatable bonds is 8. The fourth-order valence-electron chi connectivity index (χ4n) is 3.76. The summed E-state index contributed by atoms with van der Waals surface area (Å²) >= 11 is 0. The summed E-state index contributed by atoms with van der Waals surface area (Å²) < 4.78 is 0. The van der Waals surface area contributed by atoms with Gasteiger partial charge in [-0.3, -0.25) is 4.79 Å². The van der Waals surface area contributed by atoms with Crippen molar-refractivity contribution in [2.75, 3.05) is 6.54 Å². The van der Waals surface area contributed by atoms with Crippen molar-refractivity contribution >= 4 is 5.91 Å². The maximum atomic E-state index is 12.4. The summed E-state index contributed by atoms with van der Waals surface area (Å²) in [6.45, 7) is 9.00. The van der Waals surface area contributed by atoms with Gasteiger partial charge in [0.2, 0.25) is 5.91 Å². The van der Waals surface area contributed by atoms with Gasteiger partial charge in [0.05, 0.1) is 12.6 Å². The van der Waals surface area contributed by atoms with Crippen molar-refractivity contribution in [3.63, 3.8) is 0 Å². The first-order valence-corrected chi connectivity index (χ1v) is 9.96. The van der Waals surface area contributed by atoms with Crippen LogP contribution >= 0.6 is 0 Å². The molecule has 4 heteroatoms. The molecule has 0 aliphatic heterocycles. The molecule has 2 N–H and O–H groups in total. The second-order valence-electron chi connectivity index (χ2n) is 8.03. The summed E-state index contributed by atoms with van der Waals surface area (Å²) in [5, 5.41) is 15.8. The van der Waals surface area contributed by atoms with Crippen LogP contribution in [0, 0.1) is 17.2 Å². The van der Waals surface area contributed by atoms with Crippen molar-refractivity contribution in [2.24, 2.45) is 5.92 Å². The first-order chi connectivity index (χ1) is 12.4. The van der Waals surface area contributed by atoms with Gasteiger partial charge in [0, 0.05) is 6.04 Å². The molecule has 2 atom stereocenters. The van der Waals surface area contributed by atoms with Gasteiger partial charge in [-0.1, -0.05) is 52.0 Å². The molecule has 142 valence electrons. The number of nitrogens with zero attached hydrogens (tertiary/aromatic N) is 1. The van der Waals surface area contributed by atoms with E-state index in [-0.39, 0.29) is 18.5 Å². The second-order valence-corrected chi connectivity index (χ2v) is 8.03. The van der Waals surface area contributed by atoms with Gasteiger partial charge in [0.1, 0.15) is 5.54 Å². The molecule has 26 heavy (non-hydrogen) atoms. The lowest BCUT2D eigenvalue weighted by atomic mass is 9.92. The Balaban J connectivity index is 1.98. The van der Waals surface area contributed by atoms with E-state index in [1.54, 1.807) is 0 Å². The molecule has 1 aliphatic carbocycles. The molecular weight excluding hydrogens is 322 g/mol. The van der Waals surface area contributed by atoms with Gasteiger partial charge >= 0.3 is 0 Å².